The topological polar surface area (TPSA) is 61.8 Å². The predicted molar refractivity (Wildman–Crippen MR) is 80.4 cm³/mol. The van der Waals surface area contributed by atoms with E-state index in [1.807, 2.05) is 18.2 Å². The molecule has 0 fully saturated rings. The van der Waals surface area contributed by atoms with E-state index in [2.05, 4.69) is 19.2 Å². The lowest BCUT2D eigenvalue weighted by Crippen LogP contribution is -2.25. The maximum Gasteiger partial charge on any atom is 0.323 e. The van der Waals surface area contributed by atoms with Crippen molar-refractivity contribution >= 4 is 11.7 Å². The third-order valence-electron chi connectivity index (χ3n) is 2.91. The summed E-state index contributed by atoms with van der Waals surface area (Å²) in [6.07, 6.45) is 0. The number of ether oxygens (including phenoxy) is 1. The fraction of sp³-hybridized carbons (Fsp3) is 0.533. The largest absolute Gasteiger partial charge is 0.495 e. The van der Waals surface area contributed by atoms with E-state index in [-0.39, 0.29) is 6.54 Å². The summed E-state index contributed by atoms with van der Waals surface area (Å²) < 4.78 is 5.35. The molecule has 0 heterocycles. The number of likely N-dealkylation sites (N-methyl/N-ethyl adjacent to an activating group) is 1. The van der Waals surface area contributed by atoms with Gasteiger partial charge in [0.15, 0.2) is 0 Å². The third kappa shape index (κ3) is 5.09. The number of carboxylic acid groups (broad SMARTS) is 1. The number of nitrogens with one attached hydrogen (secondary N) is 1. The van der Waals surface area contributed by atoms with Crippen LogP contribution in [0.4, 0.5) is 5.69 Å². The van der Waals surface area contributed by atoms with Crippen molar-refractivity contribution in [1.82, 2.24) is 5.32 Å². The molecule has 0 amide bonds. The van der Waals surface area contributed by atoms with Crippen LogP contribution >= 0.6 is 0 Å². The number of benzene rings is 1. The summed E-state index contributed by atoms with van der Waals surface area (Å²) in [5.41, 5.74) is 1.90. The Kier molecular flexibility index (Phi) is 6.31. The van der Waals surface area contributed by atoms with Gasteiger partial charge in [-0.15, -0.1) is 0 Å². The molecule has 0 unspecified atom stereocenters. The molecule has 112 valence electrons. The molecule has 0 aromatic heterocycles. The van der Waals surface area contributed by atoms with Gasteiger partial charge in [-0.1, -0.05) is 19.9 Å². The fourth-order valence-electron chi connectivity index (χ4n) is 1.94. The number of nitrogens with zero attached hydrogens (tertiary/aromatic N) is 1. The summed E-state index contributed by atoms with van der Waals surface area (Å²) in [4.78, 5) is 12.4. The minimum absolute atomic E-state index is 0.0543. The molecule has 0 saturated heterocycles. The minimum atomic E-state index is -0.864. The van der Waals surface area contributed by atoms with Crippen molar-refractivity contribution in [3.05, 3.63) is 23.8 Å². The van der Waals surface area contributed by atoms with Crippen molar-refractivity contribution < 1.29 is 14.6 Å². The van der Waals surface area contributed by atoms with E-state index in [0.717, 1.165) is 24.3 Å². The first kappa shape index (κ1) is 16.3. The molecule has 0 spiro atoms. The van der Waals surface area contributed by atoms with E-state index in [1.54, 1.807) is 19.1 Å². The summed E-state index contributed by atoms with van der Waals surface area (Å²) in [5.74, 6) is 0.438. The van der Waals surface area contributed by atoms with Crippen molar-refractivity contribution in [2.75, 3.05) is 32.1 Å². The highest BCUT2D eigenvalue weighted by Gasteiger charge is 2.11. The van der Waals surface area contributed by atoms with Gasteiger partial charge in [0.2, 0.25) is 0 Å². The summed E-state index contributed by atoms with van der Waals surface area (Å²) in [5, 5.41) is 12.2. The third-order valence-corrected chi connectivity index (χ3v) is 2.91. The van der Waals surface area contributed by atoms with E-state index < -0.39 is 5.97 Å². The monoisotopic (exact) mass is 280 g/mol. The normalized spacial score (nSPS) is 10.7. The van der Waals surface area contributed by atoms with Crippen LogP contribution in [0.15, 0.2) is 18.2 Å². The Labute approximate surface area is 120 Å². The minimum Gasteiger partial charge on any atom is -0.495 e. The van der Waals surface area contributed by atoms with Crippen LogP contribution in [0.2, 0.25) is 0 Å². The molecule has 1 aromatic rings. The molecule has 0 radical (unpaired) electrons. The average Bonchev–Trinajstić information content (AvgIpc) is 2.37. The summed E-state index contributed by atoms with van der Waals surface area (Å²) in [6.45, 7) is 6.01. The Balaban J connectivity index is 2.77. The van der Waals surface area contributed by atoms with Crippen LogP contribution in [0, 0.1) is 5.92 Å². The lowest BCUT2D eigenvalue weighted by atomic mass is 10.1. The number of aliphatic carboxylic acids is 1. The number of hydrogen-bond donors (Lipinski definition) is 2. The van der Waals surface area contributed by atoms with Crippen molar-refractivity contribution in [3.8, 4) is 5.75 Å². The molecular weight excluding hydrogens is 256 g/mol. The summed E-state index contributed by atoms with van der Waals surface area (Å²) in [6, 6.07) is 5.83. The second kappa shape index (κ2) is 7.75. The highest BCUT2D eigenvalue weighted by atomic mass is 16.5. The molecule has 5 heteroatoms. The number of methoxy groups -OCH3 is 1. The van der Waals surface area contributed by atoms with Crippen LogP contribution in [0.25, 0.3) is 0 Å². The van der Waals surface area contributed by atoms with E-state index in [1.165, 1.54) is 0 Å². The second-order valence-corrected chi connectivity index (χ2v) is 5.28. The number of hydrogen-bond acceptors (Lipinski definition) is 4. The Morgan fingerprint density at radius 1 is 1.45 bits per heavy atom. The Morgan fingerprint density at radius 2 is 2.15 bits per heavy atom. The van der Waals surface area contributed by atoms with E-state index in [4.69, 9.17) is 9.84 Å². The second-order valence-electron chi connectivity index (χ2n) is 5.28. The highest BCUT2D eigenvalue weighted by Crippen LogP contribution is 2.28. The quantitative estimate of drug-likeness (QED) is 0.762. The zero-order valence-corrected chi connectivity index (χ0v) is 12.6. The van der Waals surface area contributed by atoms with Gasteiger partial charge in [0.25, 0.3) is 0 Å². The van der Waals surface area contributed by atoms with Crippen molar-refractivity contribution in [2.45, 2.75) is 20.4 Å². The average molecular weight is 280 g/mol. The maximum atomic E-state index is 10.8. The lowest BCUT2D eigenvalue weighted by Gasteiger charge is -2.20. The van der Waals surface area contributed by atoms with Crippen LogP contribution in [-0.2, 0) is 11.3 Å². The van der Waals surface area contributed by atoms with Gasteiger partial charge in [0.05, 0.1) is 12.8 Å². The molecule has 0 aliphatic carbocycles. The van der Waals surface area contributed by atoms with Gasteiger partial charge in [-0.3, -0.25) is 4.79 Å². The molecule has 20 heavy (non-hydrogen) atoms. The molecule has 0 aliphatic heterocycles. The zero-order valence-electron chi connectivity index (χ0n) is 12.6. The van der Waals surface area contributed by atoms with Gasteiger partial charge < -0.3 is 20.1 Å². The van der Waals surface area contributed by atoms with Crippen molar-refractivity contribution in [1.29, 1.82) is 0 Å². The molecule has 0 atom stereocenters. The molecule has 0 bridgehead atoms. The Bertz CT molecular complexity index is 447. The van der Waals surface area contributed by atoms with Crippen molar-refractivity contribution in [3.63, 3.8) is 0 Å². The smallest absolute Gasteiger partial charge is 0.323 e. The predicted octanol–water partition coefficient (Wildman–Crippen LogP) is 1.96. The fourth-order valence-corrected chi connectivity index (χ4v) is 1.94. The van der Waals surface area contributed by atoms with E-state index in [0.29, 0.717) is 11.7 Å². The Hall–Kier alpha value is -1.75. The molecule has 2 N–H and O–H groups in total. The first-order chi connectivity index (χ1) is 9.43. The van der Waals surface area contributed by atoms with Gasteiger partial charge in [0, 0.05) is 13.6 Å². The number of carbonyl (C=O) groups is 1. The lowest BCUT2D eigenvalue weighted by molar-refractivity contribution is -0.135. The van der Waals surface area contributed by atoms with E-state index >= 15 is 0 Å². The first-order valence-electron chi connectivity index (χ1n) is 6.74. The summed E-state index contributed by atoms with van der Waals surface area (Å²) >= 11 is 0. The SMILES string of the molecule is COc1cc(CNCC(C)C)ccc1N(C)CC(=O)O. The molecule has 1 aromatic carbocycles. The standard InChI is InChI=1S/C15H24N2O3/c1-11(2)8-16-9-12-5-6-13(14(7-12)20-4)17(3)10-15(18)19/h5-7,11,16H,8-10H2,1-4H3,(H,18,19). The van der Waals surface area contributed by atoms with Crippen LogP contribution in [0.5, 0.6) is 5.75 Å². The first-order valence-corrected chi connectivity index (χ1v) is 6.74. The van der Waals surface area contributed by atoms with Gasteiger partial charge >= 0.3 is 5.97 Å². The van der Waals surface area contributed by atoms with Crippen LogP contribution < -0.4 is 15.0 Å². The number of rotatable bonds is 8. The van der Waals surface area contributed by atoms with Gasteiger partial charge in [-0.25, -0.2) is 0 Å². The highest BCUT2D eigenvalue weighted by molar-refractivity contribution is 5.75. The maximum absolute atomic E-state index is 10.8. The molecule has 1 rings (SSSR count). The van der Waals surface area contributed by atoms with Crippen LogP contribution in [0.3, 0.4) is 0 Å². The van der Waals surface area contributed by atoms with E-state index in [9.17, 15) is 4.79 Å². The number of carboxylic acids is 1. The Morgan fingerprint density at radius 3 is 2.70 bits per heavy atom. The van der Waals surface area contributed by atoms with Crippen LogP contribution in [0.1, 0.15) is 19.4 Å². The molecular formula is C15H24N2O3. The molecule has 0 aliphatic rings. The molecule has 0 saturated carbocycles. The summed E-state index contributed by atoms with van der Waals surface area (Å²) in [7, 11) is 3.33. The molecule has 5 nitrogen and oxygen atoms in total. The zero-order chi connectivity index (χ0) is 15.1. The van der Waals surface area contributed by atoms with Gasteiger partial charge in [-0.2, -0.15) is 0 Å². The van der Waals surface area contributed by atoms with Crippen LogP contribution in [-0.4, -0.2) is 38.3 Å². The van der Waals surface area contributed by atoms with Gasteiger partial charge in [-0.05, 0) is 30.2 Å². The van der Waals surface area contributed by atoms with Gasteiger partial charge in [0.1, 0.15) is 12.3 Å². The van der Waals surface area contributed by atoms with Crippen molar-refractivity contribution in [2.24, 2.45) is 5.92 Å². The number of anilines is 1.